The fraction of sp³-hybridized carbons (Fsp3) is 0.211. The number of nitrogens with one attached hydrogen (secondary N) is 2. The zero-order valence-electron chi connectivity index (χ0n) is 13.5. The first-order valence-electron chi connectivity index (χ1n) is 7.67. The van der Waals surface area contributed by atoms with Gasteiger partial charge in [0.05, 0.1) is 6.04 Å². The number of carbonyl (C=O) groups excluding carboxylic acids is 1. The predicted octanol–water partition coefficient (Wildman–Crippen LogP) is 4.93. The Morgan fingerprint density at radius 3 is 2.43 bits per heavy atom. The highest BCUT2D eigenvalue weighted by Crippen LogP contribution is 2.24. The van der Waals surface area contributed by atoms with Crippen LogP contribution in [0.4, 0.5) is 10.5 Å². The van der Waals surface area contributed by atoms with Crippen LogP contribution in [-0.4, -0.2) is 6.03 Å². The Bertz CT molecular complexity index is 798. The quantitative estimate of drug-likeness (QED) is 0.720. The largest absolute Gasteiger partial charge is 0.459 e. The van der Waals surface area contributed by atoms with E-state index in [0.717, 1.165) is 33.5 Å². The van der Waals surface area contributed by atoms with Crippen LogP contribution in [-0.2, 0) is 0 Å². The maximum Gasteiger partial charge on any atom is 0.319 e. The van der Waals surface area contributed by atoms with E-state index in [2.05, 4.69) is 10.6 Å². The standard InChI is InChI=1S/C19H20N2O2/c1-12-7-6-8-13(2)18(12)21-19(22)20-14(3)17-11-15-9-4-5-10-16(15)23-17/h4-11,14H,1-3H3,(H2,20,21,22). The predicted molar refractivity (Wildman–Crippen MR) is 92.7 cm³/mol. The maximum atomic E-state index is 12.3. The molecule has 4 nitrogen and oxygen atoms in total. The molecule has 2 amide bonds. The van der Waals surface area contributed by atoms with Gasteiger partial charge in [0.25, 0.3) is 0 Å². The summed E-state index contributed by atoms with van der Waals surface area (Å²) in [6.45, 7) is 5.86. The van der Waals surface area contributed by atoms with Crippen LogP contribution >= 0.6 is 0 Å². The normalized spacial score (nSPS) is 12.1. The molecule has 1 atom stereocenters. The number of fused-ring (bicyclic) bond motifs is 1. The molecule has 0 aliphatic carbocycles. The van der Waals surface area contributed by atoms with Crippen LogP contribution in [0.15, 0.2) is 52.9 Å². The van der Waals surface area contributed by atoms with Gasteiger partial charge in [-0.3, -0.25) is 0 Å². The number of carbonyl (C=O) groups is 1. The second-order valence-electron chi connectivity index (χ2n) is 5.77. The number of anilines is 1. The lowest BCUT2D eigenvalue weighted by atomic mass is 10.1. The third-order valence-corrected chi connectivity index (χ3v) is 3.94. The minimum absolute atomic E-state index is 0.216. The Morgan fingerprint density at radius 1 is 1.04 bits per heavy atom. The molecule has 0 aliphatic heterocycles. The Labute approximate surface area is 135 Å². The molecule has 0 radical (unpaired) electrons. The molecule has 0 saturated heterocycles. The molecule has 1 aromatic heterocycles. The maximum absolute atomic E-state index is 12.3. The summed E-state index contributed by atoms with van der Waals surface area (Å²) in [6.07, 6.45) is 0. The van der Waals surface area contributed by atoms with Crippen LogP contribution in [0, 0.1) is 13.8 Å². The van der Waals surface area contributed by atoms with Gasteiger partial charge in [-0.15, -0.1) is 0 Å². The lowest BCUT2D eigenvalue weighted by molar-refractivity contribution is 0.248. The van der Waals surface area contributed by atoms with Gasteiger partial charge in [-0.25, -0.2) is 4.79 Å². The minimum Gasteiger partial charge on any atom is -0.459 e. The van der Waals surface area contributed by atoms with E-state index in [9.17, 15) is 4.79 Å². The lowest BCUT2D eigenvalue weighted by Gasteiger charge is -2.15. The van der Waals surface area contributed by atoms with Crippen molar-refractivity contribution in [3.63, 3.8) is 0 Å². The van der Waals surface area contributed by atoms with Gasteiger partial charge in [-0.2, -0.15) is 0 Å². The molecule has 3 aromatic rings. The van der Waals surface area contributed by atoms with E-state index < -0.39 is 0 Å². The van der Waals surface area contributed by atoms with Gasteiger partial charge >= 0.3 is 6.03 Å². The van der Waals surface area contributed by atoms with Crippen LogP contribution in [0.3, 0.4) is 0 Å². The molecule has 1 heterocycles. The summed E-state index contributed by atoms with van der Waals surface area (Å²) < 4.78 is 5.79. The Hall–Kier alpha value is -2.75. The first-order valence-corrected chi connectivity index (χ1v) is 7.67. The van der Waals surface area contributed by atoms with E-state index in [1.807, 2.05) is 69.3 Å². The molecule has 3 rings (SSSR count). The lowest BCUT2D eigenvalue weighted by Crippen LogP contribution is -2.31. The molecule has 0 bridgehead atoms. The van der Waals surface area contributed by atoms with Crippen molar-refractivity contribution in [2.75, 3.05) is 5.32 Å². The third-order valence-electron chi connectivity index (χ3n) is 3.94. The van der Waals surface area contributed by atoms with Gasteiger partial charge in [0.15, 0.2) is 0 Å². The van der Waals surface area contributed by atoms with E-state index in [1.165, 1.54) is 0 Å². The first-order chi connectivity index (χ1) is 11.0. The van der Waals surface area contributed by atoms with E-state index in [1.54, 1.807) is 0 Å². The highest BCUT2D eigenvalue weighted by Gasteiger charge is 2.15. The summed E-state index contributed by atoms with van der Waals surface area (Å²) in [5, 5.41) is 6.87. The molecule has 0 fully saturated rings. The summed E-state index contributed by atoms with van der Waals surface area (Å²) in [7, 11) is 0. The second kappa shape index (κ2) is 6.16. The molecule has 2 aromatic carbocycles. The monoisotopic (exact) mass is 308 g/mol. The Morgan fingerprint density at radius 2 is 1.74 bits per heavy atom. The Kier molecular flexibility index (Phi) is 4.06. The van der Waals surface area contributed by atoms with Crippen molar-refractivity contribution in [3.05, 3.63) is 65.4 Å². The fourth-order valence-electron chi connectivity index (χ4n) is 2.64. The van der Waals surface area contributed by atoms with E-state index in [4.69, 9.17) is 4.42 Å². The number of aryl methyl sites for hydroxylation is 2. The van der Waals surface area contributed by atoms with Gasteiger partial charge < -0.3 is 15.1 Å². The number of benzene rings is 2. The van der Waals surface area contributed by atoms with Crippen LogP contribution in [0.2, 0.25) is 0 Å². The van der Waals surface area contributed by atoms with Crippen molar-refractivity contribution in [2.45, 2.75) is 26.8 Å². The average molecular weight is 308 g/mol. The van der Waals surface area contributed by atoms with Crippen molar-refractivity contribution in [1.82, 2.24) is 5.32 Å². The molecule has 23 heavy (non-hydrogen) atoms. The minimum atomic E-state index is -0.240. The molecule has 1 unspecified atom stereocenters. The second-order valence-corrected chi connectivity index (χ2v) is 5.77. The zero-order chi connectivity index (χ0) is 16.4. The SMILES string of the molecule is Cc1cccc(C)c1NC(=O)NC(C)c1cc2ccccc2o1. The molecule has 0 spiro atoms. The number of rotatable bonds is 3. The molecule has 0 aliphatic rings. The van der Waals surface area contributed by atoms with Crippen LogP contribution in [0.5, 0.6) is 0 Å². The molecular weight excluding hydrogens is 288 g/mol. The molecule has 118 valence electrons. The van der Waals surface area contributed by atoms with E-state index >= 15 is 0 Å². The average Bonchev–Trinajstić information content (AvgIpc) is 2.95. The highest BCUT2D eigenvalue weighted by atomic mass is 16.3. The van der Waals surface area contributed by atoms with Crippen molar-refractivity contribution in [3.8, 4) is 0 Å². The van der Waals surface area contributed by atoms with Gasteiger partial charge in [0.2, 0.25) is 0 Å². The summed E-state index contributed by atoms with van der Waals surface area (Å²) in [5.74, 6) is 0.739. The van der Waals surface area contributed by atoms with Crippen molar-refractivity contribution in [1.29, 1.82) is 0 Å². The first kappa shape index (κ1) is 15.2. The molecular formula is C19H20N2O2. The van der Waals surface area contributed by atoms with E-state index in [0.29, 0.717) is 0 Å². The summed E-state index contributed by atoms with van der Waals surface area (Å²) in [5.41, 5.74) is 3.75. The van der Waals surface area contributed by atoms with Gasteiger partial charge in [-0.1, -0.05) is 36.4 Å². The summed E-state index contributed by atoms with van der Waals surface area (Å²) in [6, 6.07) is 15.2. The fourth-order valence-corrected chi connectivity index (χ4v) is 2.64. The number of hydrogen-bond donors (Lipinski definition) is 2. The third kappa shape index (κ3) is 3.21. The number of amides is 2. The van der Waals surface area contributed by atoms with Crippen LogP contribution in [0.25, 0.3) is 11.0 Å². The molecule has 2 N–H and O–H groups in total. The van der Waals surface area contributed by atoms with Crippen molar-refractivity contribution < 1.29 is 9.21 Å². The number of para-hydroxylation sites is 2. The van der Waals surface area contributed by atoms with Crippen LogP contribution < -0.4 is 10.6 Å². The zero-order valence-corrected chi connectivity index (χ0v) is 13.5. The van der Waals surface area contributed by atoms with Crippen LogP contribution in [0.1, 0.15) is 29.9 Å². The highest BCUT2D eigenvalue weighted by molar-refractivity contribution is 5.91. The topological polar surface area (TPSA) is 54.3 Å². The van der Waals surface area contributed by atoms with Crippen molar-refractivity contribution >= 4 is 22.7 Å². The van der Waals surface area contributed by atoms with Gasteiger partial charge in [-0.05, 0) is 44.0 Å². The Balaban J connectivity index is 1.72. The summed E-state index contributed by atoms with van der Waals surface area (Å²) in [4.78, 5) is 12.3. The van der Waals surface area contributed by atoms with Crippen molar-refractivity contribution in [2.24, 2.45) is 0 Å². The van der Waals surface area contributed by atoms with Gasteiger partial charge in [0.1, 0.15) is 11.3 Å². The molecule has 0 saturated carbocycles. The number of urea groups is 1. The molecule has 4 heteroatoms. The smallest absolute Gasteiger partial charge is 0.319 e. The number of furan rings is 1. The van der Waals surface area contributed by atoms with E-state index in [-0.39, 0.29) is 12.1 Å². The van der Waals surface area contributed by atoms with Gasteiger partial charge in [0, 0.05) is 11.1 Å². The summed E-state index contributed by atoms with van der Waals surface area (Å²) >= 11 is 0. The number of hydrogen-bond acceptors (Lipinski definition) is 2.